The number of carbonyl (C=O) groups is 1. The van der Waals surface area contributed by atoms with Gasteiger partial charge in [-0.2, -0.15) is 0 Å². The van der Waals surface area contributed by atoms with Gasteiger partial charge in [0.15, 0.2) is 11.6 Å². The van der Waals surface area contributed by atoms with Gasteiger partial charge in [-0.05, 0) is 23.8 Å². The molecule has 0 N–H and O–H groups in total. The minimum atomic E-state index is -0.960. The second-order valence-electron chi connectivity index (χ2n) is 4.40. The number of hydrogen-bond acceptors (Lipinski definition) is 2. The lowest BCUT2D eigenvalue weighted by Crippen LogP contribution is -2.26. The fraction of sp³-hybridized carbons (Fsp3) is 0.143. The Bertz CT molecular complexity index is 695. The molecule has 0 aliphatic heterocycles. The quantitative estimate of drug-likeness (QED) is 0.798. The summed E-state index contributed by atoms with van der Waals surface area (Å²) in [5.74, 6) is -2.29. The number of rotatable bonds is 3. The highest BCUT2D eigenvalue weighted by atomic mass is 35.5. The Morgan fingerprint density at radius 2 is 1.95 bits per heavy atom. The van der Waals surface area contributed by atoms with Crippen LogP contribution in [0.5, 0.6) is 0 Å². The Hall–Kier alpha value is -1.72. The Morgan fingerprint density at radius 1 is 1.24 bits per heavy atom. The predicted molar refractivity (Wildman–Crippen MR) is 76.4 cm³/mol. The maximum Gasteiger partial charge on any atom is 0.255 e. The van der Waals surface area contributed by atoms with E-state index in [1.54, 1.807) is 0 Å². The summed E-state index contributed by atoms with van der Waals surface area (Å²) in [4.78, 5) is 17.3. The van der Waals surface area contributed by atoms with Crippen molar-refractivity contribution >= 4 is 29.1 Å². The first kappa shape index (κ1) is 15.7. The highest BCUT2D eigenvalue weighted by Gasteiger charge is 2.17. The second-order valence-corrected chi connectivity index (χ2v) is 5.19. The number of aromatic nitrogens is 1. The highest BCUT2D eigenvalue weighted by molar-refractivity contribution is 6.35. The van der Waals surface area contributed by atoms with Gasteiger partial charge < -0.3 is 4.90 Å². The fourth-order valence-corrected chi connectivity index (χ4v) is 2.11. The standard InChI is InChI=1S/C14H10Cl2F2N2O/c1-20(7-8-2-3-11(17)12(18)4-8)14(21)9-5-13(16)19-6-10(9)15/h2-6H,7H2,1H3. The van der Waals surface area contributed by atoms with Crippen molar-refractivity contribution in [2.45, 2.75) is 6.54 Å². The Kier molecular flexibility index (Phi) is 4.75. The summed E-state index contributed by atoms with van der Waals surface area (Å²) in [5.41, 5.74) is 0.655. The van der Waals surface area contributed by atoms with Crippen molar-refractivity contribution in [3.63, 3.8) is 0 Å². The van der Waals surface area contributed by atoms with Gasteiger partial charge >= 0.3 is 0 Å². The zero-order valence-electron chi connectivity index (χ0n) is 10.9. The molecule has 3 nitrogen and oxygen atoms in total. The zero-order valence-corrected chi connectivity index (χ0v) is 12.4. The average molecular weight is 331 g/mol. The normalized spacial score (nSPS) is 10.5. The van der Waals surface area contributed by atoms with Gasteiger partial charge in [-0.25, -0.2) is 13.8 Å². The van der Waals surface area contributed by atoms with Gasteiger partial charge in [-0.1, -0.05) is 29.3 Å². The number of amides is 1. The molecule has 110 valence electrons. The Labute approximate surface area is 130 Å². The number of carbonyl (C=O) groups excluding carboxylic acids is 1. The molecule has 0 radical (unpaired) electrons. The fourth-order valence-electron chi connectivity index (χ4n) is 1.77. The first-order valence-corrected chi connectivity index (χ1v) is 6.64. The molecule has 0 unspecified atom stereocenters. The third-order valence-electron chi connectivity index (χ3n) is 2.80. The second kappa shape index (κ2) is 6.37. The van der Waals surface area contributed by atoms with E-state index in [4.69, 9.17) is 23.2 Å². The van der Waals surface area contributed by atoms with Crippen LogP contribution in [0.25, 0.3) is 0 Å². The third-order valence-corrected chi connectivity index (χ3v) is 3.31. The molecule has 1 aromatic carbocycles. The lowest BCUT2D eigenvalue weighted by molar-refractivity contribution is 0.0785. The van der Waals surface area contributed by atoms with Crippen molar-refractivity contribution in [3.05, 3.63) is 63.4 Å². The predicted octanol–water partition coefficient (Wildman–Crippen LogP) is 3.94. The number of nitrogens with zero attached hydrogens (tertiary/aromatic N) is 2. The molecular weight excluding hydrogens is 321 g/mol. The van der Waals surface area contributed by atoms with E-state index in [9.17, 15) is 13.6 Å². The van der Waals surface area contributed by atoms with Crippen molar-refractivity contribution in [3.8, 4) is 0 Å². The van der Waals surface area contributed by atoms with Gasteiger partial charge in [0.25, 0.3) is 5.91 Å². The largest absolute Gasteiger partial charge is 0.337 e. The van der Waals surface area contributed by atoms with Crippen LogP contribution in [-0.2, 0) is 6.54 Å². The van der Waals surface area contributed by atoms with Crippen molar-refractivity contribution in [2.24, 2.45) is 0 Å². The molecular formula is C14H10Cl2F2N2O. The summed E-state index contributed by atoms with van der Waals surface area (Å²) in [6.07, 6.45) is 1.28. The van der Waals surface area contributed by atoms with Gasteiger partial charge in [0.1, 0.15) is 5.15 Å². The van der Waals surface area contributed by atoms with Gasteiger partial charge in [0, 0.05) is 19.8 Å². The van der Waals surface area contributed by atoms with Crippen LogP contribution in [0.2, 0.25) is 10.2 Å². The Morgan fingerprint density at radius 3 is 2.62 bits per heavy atom. The monoisotopic (exact) mass is 330 g/mol. The number of pyridine rings is 1. The van der Waals surface area contributed by atoms with E-state index >= 15 is 0 Å². The van der Waals surface area contributed by atoms with E-state index in [1.165, 1.54) is 30.3 Å². The minimum Gasteiger partial charge on any atom is -0.337 e. The number of halogens is 4. The molecule has 0 aliphatic carbocycles. The van der Waals surface area contributed by atoms with Crippen LogP contribution in [0.3, 0.4) is 0 Å². The molecule has 1 heterocycles. The van der Waals surface area contributed by atoms with E-state index in [1.807, 2.05) is 0 Å². The molecule has 0 saturated heterocycles. The summed E-state index contributed by atoms with van der Waals surface area (Å²) in [7, 11) is 1.52. The highest BCUT2D eigenvalue weighted by Crippen LogP contribution is 2.20. The molecule has 1 aromatic heterocycles. The van der Waals surface area contributed by atoms with Crippen LogP contribution in [0.1, 0.15) is 15.9 Å². The van der Waals surface area contributed by atoms with Crippen LogP contribution in [-0.4, -0.2) is 22.8 Å². The molecule has 0 bridgehead atoms. The first-order chi connectivity index (χ1) is 9.88. The summed E-state index contributed by atoms with van der Waals surface area (Å²) in [5, 5.41) is 0.311. The van der Waals surface area contributed by atoms with E-state index in [-0.39, 0.29) is 22.3 Å². The maximum absolute atomic E-state index is 13.1. The van der Waals surface area contributed by atoms with Crippen LogP contribution in [0.15, 0.2) is 30.5 Å². The summed E-state index contributed by atoms with van der Waals surface area (Å²) in [6, 6.07) is 4.82. The van der Waals surface area contributed by atoms with E-state index in [2.05, 4.69) is 4.98 Å². The number of benzene rings is 1. The van der Waals surface area contributed by atoms with Gasteiger partial charge in [0.2, 0.25) is 0 Å². The molecule has 0 atom stereocenters. The van der Waals surface area contributed by atoms with Crippen molar-refractivity contribution in [1.82, 2.24) is 9.88 Å². The van der Waals surface area contributed by atoms with Gasteiger partial charge in [-0.3, -0.25) is 4.79 Å². The van der Waals surface area contributed by atoms with Crippen LogP contribution in [0.4, 0.5) is 8.78 Å². The summed E-state index contributed by atoms with van der Waals surface area (Å²) >= 11 is 11.6. The lowest BCUT2D eigenvalue weighted by atomic mass is 10.2. The summed E-state index contributed by atoms with van der Waals surface area (Å²) < 4.78 is 26.0. The van der Waals surface area contributed by atoms with Crippen molar-refractivity contribution in [2.75, 3.05) is 7.05 Å². The average Bonchev–Trinajstić information content (AvgIpc) is 2.44. The minimum absolute atomic E-state index is 0.103. The zero-order chi connectivity index (χ0) is 15.6. The topological polar surface area (TPSA) is 33.2 Å². The van der Waals surface area contributed by atoms with E-state index < -0.39 is 17.5 Å². The van der Waals surface area contributed by atoms with Crippen molar-refractivity contribution < 1.29 is 13.6 Å². The molecule has 2 rings (SSSR count). The maximum atomic E-state index is 13.1. The number of hydrogen-bond donors (Lipinski definition) is 0. The van der Waals surface area contributed by atoms with Gasteiger partial charge in [0.05, 0.1) is 10.6 Å². The molecule has 1 amide bonds. The molecule has 0 spiro atoms. The molecule has 21 heavy (non-hydrogen) atoms. The SMILES string of the molecule is CN(Cc1ccc(F)c(F)c1)C(=O)c1cc(Cl)ncc1Cl. The third kappa shape index (κ3) is 3.68. The van der Waals surface area contributed by atoms with Crippen molar-refractivity contribution in [1.29, 1.82) is 0 Å². The first-order valence-electron chi connectivity index (χ1n) is 5.89. The molecule has 0 fully saturated rings. The lowest BCUT2D eigenvalue weighted by Gasteiger charge is -2.18. The van der Waals surface area contributed by atoms with Crippen LogP contribution >= 0.6 is 23.2 Å². The molecule has 0 aliphatic rings. The van der Waals surface area contributed by atoms with E-state index in [0.717, 1.165) is 12.1 Å². The van der Waals surface area contributed by atoms with Crippen LogP contribution < -0.4 is 0 Å². The molecule has 2 aromatic rings. The van der Waals surface area contributed by atoms with Gasteiger partial charge in [-0.15, -0.1) is 0 Å². The summed E-state index contributed by atoms with van der Waals surface area (Å²) in [6.45, 7) is 0.103. The smallest absolute Gasteiger partial charge is 0.255 e. The molecule has 7 heteroatoms. The van der Waals surface area contributed by atoms with Crippen LogP contribution in [0, 0.1) is 11.6 Å². The van der Waals surface area contributed by atoms with E-state index in [0.29, 0.717) is 5.56 Å². The molecule has 0 saturated carbocycles. The Balaban J connectivity index is 2.19.